The minimum absolute atomic E-state index is 0.00546. The van der Waals surface area contributed by atoms with Gasteiger partial charge in [-0.15, -0.1) is 0 Å². The Morgan fingerprint density at radius 2 is 1.87 bits per heavy atom. The van der Waals surface area contributed by atoms with Crippen LogP contribution >= 0.6 is 0 Å². The molecular formula is C21H21F3N6O. The number of guanidine groups is 1. The molecule has 0 fully saturated rings. The Hall–Kier alpha value is -3.82. The number of nitrogens with one attached hydrogen (secondary N) is 2. The number of carbonyl (C=O) groups excluding carboxylic acids is 1. The van der Waals surface area contributed by atoms with E-state index in [-0.39, 0.29) is 22.9 Å². The zero-order chi connectivity index (χ0) is 22.8. The maximum Gasteiger partial charge on any atom is 0.416 e. The molecule has 0 bridgehead atoms. The van der Waals surface area contributed by atoms with Gasteiger partial charge in [0.25, 0.3) is 5.91 Å². The van der Waals surface area contributed by atoms with Crippen molar-refractivity contribution in [2.45, 2.75) is 20.0 Å². The highest BCUT2D eigenvalue weighted by Crippen LogP contribution is 2.33. The van der Waals surface area contributed by atoms with Crippen LogP contribution in [0.25, 0.3) is 5.69 Å². The number of halogens is 3. The number of alkyl halides is 3. The highest BCUT2D eigenvalue weighted by molar-refractivity contribution is 6.05. The number of imidazole rings is 1. The van der Waals surface area contributed by atoms with Crippen LogP contribution in [-0.4, -0.2) is 28.5 Å². The van der Waals surface area contributed by atoms with Crippen LogP contribution in [0.3, 0.4) is 0 Å². The second kappa shape index (κ2) is 8.50. The van der Waals surface area contributed by atoms with E-state index in [0.717, 1.165) is 17.7 Å². The lowest BCUT2D eigenvalue weighted by Gasteiger charge is -2.14. The fourth-order valence-electron chi connectivity index (χ4n) is 2.85. The van der Waals surface area contributed by atoms with Crippen LogP contribution < -0.4 is 16.4 Å². The van der Waals surface area contributed by atoms with Gasteiger partial charge < -0.3 is 20.9 Å². The van der Waals surface area contributed by atoms with E-state index in [1.807, 2.05) is 6.92 Å². The lowest BCUT2D eigenvalue weighted by Crippen LogP contribution is -2.23. The quantitative estimate of drug-likeness (QED) is 0.429. The van der Waals surface area contributed by atoms with Crippen molar-refractivity contribution < 1.29 is 18.0 Å². The van der Waals surface area contributed by atoms with Crippen LogP contribution in [0, 0.1) is 13.8 Å². The molecule has 0 radical (unpaired) electrons. The summed E-state index contributed by atoms with van der Waals surface area (Å²) in [7, 11) is 1.52. The van der Waals surface area contributed by atoms with E-state index < -0.39 is 17.6 Å². The average molecular weight is 430 g/mol. The Bertz CT molecular complexity index is 1150. The number of nitrogens with two attached hydrogens (primary N) is 1. The van der Waals surface area contributed by atoms with Gasteiger partial charge in [0.1, 0.15) is 0 Å². The van der Waals surface area contributed by atoms with Gasteiger partial charge in [0.15, 0.2) is 5.96 Å². The summed E-state index contributed by atoms with van der Waals surface area (Å²) >= 11 is 0. The summed E-state index contributed by atoms with van der Waals surface area (Å²) < 4.78 is 41.7. The van der Waals surface area contributed by atoms with Gasteiger partial charge in [-0.05, 0) is 49.7 Å². The number of benzene rings is 2. The summed E-state index contributed by atoms with van der Waals surface area (Å²) in [5, 5.41) is 5.41. The molecular weight excluding hydrogens is 409 g/mol. The van der Waals surface area contributed by atoms with Gasteiger partial charge in [-0.2, -0.15) is 13.2 Å². The lowest BCUT2D eigenvalue weighted by atomic mass is 10.1. The molecule has 0 saturated heterocycles. The molecule has 0 atom stereocenters. The van der Waals surface area contributed by atoms with Crippen LogP contribution in [-0.2, 0) is 6.18 Å². The molecule has 3 rings (SSSR count). The van der Waals surface area contributed by atoms with Crippen LogP contribution in [0.1, 0.15) is 27.2 Å². The first-order valence-corrected chi connectivity index (χ1v) is 9.21. The van der Waals surface area contributed by atoms with Crippen LogP contribution in [0.15, 0.2) is 53.9 Å². The van der Waals surface area contributed by atoms with Crippen molar-refractivity contribution in [3.63, 3.8) is 0 Å². The summed E-state index contributed by atoms with van der Waals surface area (Å²) in [4.78, 5) is 20.6. The molecule has 1 amide bonds. The van der Waals surface area contributed by atoms with Crippen LogP contribution in [0.2, 0.25) is 0 Å². The topological polar surface area (TPSA) is 97.3 Å². The summed E-state index contributed by atoms with van der Waals surface area (Å²) in [6.07, 6.45) is -1.57. The van der Waals surface area contributed by atoms with Crippen molar-refractivity contribution in [2.75, 3.05) is 17.7 Å². The van der Waals surface area contributed by atoms with Gasteiger partial charge in [0, 0.05) is 35.9 Å². The smallest absolute Gasteiger partial charge is 0.370 e. The highest BCUT2D eigenvalue weighted by atomic mass is 19.4. The molecule has 162 valence electrons. The molecule has 0 unspecified atom stereocenters. The van der Waals surface area contributed by atoms with E-state index in [1.54, 1.807) is 31.3 Å². The molecule has 0 spiro atoms. The minimum atomic E-state index is -4.58. The van der Waals surface area contributed by atoms with Crippen molar-refractivity contribution in [1.82, 2.24) is 9.55 Å². The molecule has 1 aromatic heterocycles. The largest absolute Gasteiger partial charge is 0.416 e. The number of nitrogens with zero attached hydrogens (tertiary/aromatic N) is 3. The van der Waals surface area contributed by atoms with E-state index in [0.29, 0.717) is 11.4 Å². The number of rotatable bonds is 4. The monoisotopic (exact) mass is 430 g/mol. The number of aryl methyl sites for hydroxylation is 2. The number of amides is 1. The van der Waals surface area contributed by atoms with Crippen molar-refractivity contribution in [1.29, 1.82) is 0 Å². The number of aromatic nitrogens is 2. The van der Waals surface area contributed by atoms with E-state index in [4.69, 9.17) is 5.73 Å². The molecule has 2 aromatic carbocycles. The van der Waals surface area contributed by atoms with E-state index in [9.17, 15) is 18.0 Å². The lowest BCUT2D eigenvalue weighted by molar-refractivity contribution is -0.137. The molecule has 7 nitrogen and oxygen atoms in total. The third kappa shape index (κ3) is 5.21. The Balaban J connectivity index is 1.94. The summed E-state index contributed by atoms with van der Waals surface area (Å²) in [5.41, 5.74) is 7.30. The second-order valence-electron chi connectivity index (χ2n) is 6.91. The maximum atomic E-state index is 13.4. The summed E-state index contributed by atoms with van der Waals surface area (Å²) in [5.74, 6) is -0.402. The highest BCUT2D eigenvalue weighted by Gasteiger charge is 2.31. The van der Waals surface area contributed by atoms with Crippen molar-refractivity contribution >= 4 is 23.2 Å². The fourth-order valence-corrected chi connectivity index (χ4v) is 2.85. The average Bonchev–Trinajstić information content (AvgIpc) is 3.15. The third-order valence-electron chi connectivity index (χ3n) is 4.52. The first kappa shape index (κ1) is 21.9. The Morgan fingerprint density at radius 1 is 1.13 bits per heavy atom. The van der Waals surface area contributed by atoms with Crippen LogP contribution in [0.4, 0.5) is 24.5 Å². The number of carbonyl (C=O) groups is 1. The van der Waals surface area contributed by atoms with Crippen molar-refractivity contribution in [3.8, 4) is 5.69 Å². The predicted octanol–water partition coefficient (Wildman–Crippen LogP) is 4.12. The second-order valence-corrected chi connectivity index (χ2v) is 6.91. The van der Waals surface area contributed by atoms with Crippen LogP contribution in [0.5, 0.6) is 0 Å². The molecule has 0 aliphatic rings. The molecule has 1 heterocycles. The van der Waals surface area contributed by atoms with Gasteiger partial charge in [-0.3, -0.25) is 9.79 Å². The van der Waals surface area contributed by atoms with Gasteiger partial charge in [0.2, 0.25) is 0 Å². The van der Waals surface area contributed by atoms with E-state index >= 15 is 0 Å². The van der Waals surface area contributed by atoms with E-state index in [2.05, 4.69) is 20.6 Å². The SMILES string of the molecule is CN=C(N)Nc1cc(C(=O)Nc2cc(-n3cnc(C)c3)cc(C(F)(F)F)c2)ccc1C. The minimum Gasteiger partial charge on any atom is -0.370 e. The fraction of sp³-hybridized carbons (Fsp3) is 0.190. The molecule has 0 saturated carbocycles. The summed E-state index contributed by atoms with van der Waals surface area (Å²) in [6, 6.07) is 8.16. The van der Waals surface area contributed by atoms with Crippen molar-refractivity contribution in [2.24, 2.45) is 10.7 Å². The number of hydrogen-bond donors (Lipinski definition) is 3. The first-order chi connectivity index (χ1) is 14.6. The van der Waals surface area contributed by atoms with Gasteiger partial charge >= 0.3 is 6.18 Å². The predicted molar refractivity (Wildman–Crippen MR) is 114 cm³/mol. The zero-order valence-corrected chi connectivity index (χ0v) is 17.1. The molecule has 0 aliphatic heterocycles. The standard InChI is InChI=1S/C21H21F3N6O/c1-12-4-5-14(6-18(12)29-20(25)26-3)19(31)28-16-7-15(21(22,23)24)8-17(9-16)30-10-13(2)27-11-30/h4-11H,1-3H3,(H,28,31)(H3,25,26,29). The van der Waals surface area contributed by atoms with Gasteiger partial charge in [0.05, 0.1) is 17.6 Å². The van der Waals surface area contributed by atoms with Gasteiger partial charge in [-0.1, -0.05) is 6.07 Å². The number of hydrogen-bond acceptors (Lipinski definition) is 3. The Morgan fingerprint density at radius 3 is 2.48 bits per heavy atom. The molecule has 10 heteroatoms. The molecule has 4 N–H and O–H groups in total. The zero-order valence-electron chi connectivity index (χ0n) is 17.1. The molecule has 31 heavy (non-hydrogen) atoms. The van der Waals surface area contributed by atoms with E-state index in [1.165, 1.54) is 24.0 Å². The molecule has 3 aromatic rings. The number of anilines is 2. The van der Waals surface area contributed by atoms with Gasteiger partial charge in [-0.25, -0.2) is 4.98 Å². The van der Waals surface area contributed by atoms with Crippen molar-refractivity contribution in [3.05, 3.63) is 71.3 Å². The first-order valence-electron chi connectivity index (χ1n) is 9.21. The Kier molecular flexibility index (Phi) is 6.00. The normalized spacial score (nSPS) is 12.0. The maximum absolute atomic E-state index is 13.4. The summed E-state index contributed by atoms with van der Waals surface area (Å²) in [6.45, 7) is 3.55. The number of aliphatic imine (C=N–C) groups is 1. The third-order valence-corrected chi connectivity index (χ3v) is 4.52. The Labute approximate surface area is 176 Å². The molecule has 0 aliphatic carbocycles.